The van der Waals surface area contributed by atoms with Crippen LogP contribution in [-0.4, -0.2) is 9.55 Å². The summed E-state index contributed by atoms with van der Waals surface area (Å²) in [4.78, 5) is 4.71. The third-order valence-electron chi connectivity index (χ3n) is 2.90. The zero-order valence-electron chi connectivity index (χ0n) is 10.2. The van der Waals surface area contributed by atoms with Crippen LogP contribution in [0.3, 0.4) is 0 Å². The number of benzene rings is 1. The molecule has 3 nitrogen and oxygen atoms in total. The first-order valence-electron chi connectivity index (χ1n) is 5.76. The lowest BCUT2D eigenvalue weighted by atomic mass is 10.1. The summed E-state index contributed by atoms with van der Waals surface area (Å²) in [5.74, 6) is 1.77. The Hall–Kier alpha value is -1.35. The monoisotopic (exact) mass is 217 g/mol. The van der Waals surface area contributed by atoms with Crippen LogP contribution >= 0.6 is 0 Å². The molecule has 0 saturated carbocycles. The fourth-order valence-corrected chi connectivity index (χ4v) is 2.03. The van der Waals surface area contributed by atoms with E-state index in [0.29, 0.717) is 12.5 Å². The van der Waals surface area contributed by atoms with Gasteiger partial charge in [0, 0.05) is 20.0 Å². The Morgan fingerprint density at radius 2 is 2.12 bits per heavy atom. The van der Waals surface area contributed by atoms with Gasteiger partial charge in [0.2, 0.25) is 0 Å². The molecule has 86 valence electrons. The Labute approximate surface area is 96.3 Å². The number of imidazole rings is 1. The highest BCUT2D eigenvalue weighted by Crippen LogP contribution is 2.20. The number of hydrogen-bond donors (Lipinski definition) is 1. The Morgan fingerprint density at radius 1 is 1.38 bits per heavy atom. The second-order valence-corrected chi connectivity index (χ2v) is 4.67. The van der Waals surface area contributed by atoms with Gasteiger partial charge < -0.3 is 10.3 Å². The van der Waals surface area contributed by atoms with Crippen LogP contribution in [0.1, 0.15) is 25.2 Å². The molecule has 0 bridgehead atoms. The van der Waals surface area contributed by atoms with Crippen LogP contribution in [0.25, 0.3) is 11.0 Å². The fraction of sp³-hybridized carbons (Fsp3) is 0.462. The molecule has 0 aliphatic carbocycles. The highest BCUT2D eigenvalue weighted by molar-refractivity contribution is 5.79. The number of rotatable bonds is 3. The highest BCUT2D eigenvalue weighted by atomic mass is 15.1. The number of fused-ring (bicyclic) bond motifs is 1. The molecule has 0 spiro atoms. The fourth-order valence-electron chi connectivity index (χ4n) is 2.03. The summed E-state index contributed by atoms with van der Waals surface area (Å²) in [5.41, 5.74) is 9.09. The lowest BCUT2D eigenvalue weighted by molar-refractivity contribution is 0.606. The molecule has 0 aliphatic rings. The summed E-state index contributed by atoms with van der Waals surface area (Å²) in [6.45, 7) is 4.97. The molecule has 1 aromatic heterocycles. The van der Waals surface area contributed by atoms with Gasteiger partial charge in [-0.1, -0.05) is 26.0 Å². The lowest BCUT2D eigenvalue weighted by Crippen LogP contribution is -2.02. The van der Waals surface area contributed by atoms with Gasteiger partial charge in [-0.15, -0.1) is 0 Å². The van der Waals surface area contributed by atoms with Crippen molar-refractivity contribution in [2.75, 3.05) is 0 Å². The average Bonchev–Trinajstić information content (AvgIpc) is 2.55. The quantitative estimate of drug-likeness (QED) is 0.856. The van der Waals surface area contributed by atoms with Gasteiger partial charge in [-0.2, -0.15) is 0 Å². The first-order chi connectivity index (χ1) is 7.63. The summed E-state index contributed by atoms with van der Waals surface area (Å²) in [6.07, 6.45) is 1.01. The number of nitrogens with zero attached hydrogens (tertiary/aromatic N) is 2. The van der Waals surface area contributed by atoms with Crippen LogP contribution in [-0.2, 0) is 20.0 Å². The summed E-state index contributed by atoms with van der Waals surface area (Å²) in [7, 11) is 2.08. The molecule has 0 atom stereocenters. The van der Waals surface area contributed by atoms with Crippen LogP contribution in [0.15, 0.2) is 18.2 Å². The van der Waals surface area contributed by atoms with Crippen LogP contribution < -0.4 is 5.73 Å². The van der Waals surface area contributed by atoms with Gasteiger partial charge in [-0.05, 0) is 17.5 Å². The highest BCUT2D eigenvalue weighted by Gasteiger charge is 2.11. The average molecular weight is 217 g/mol. The SMILES string of the molecule is CC(C)Cc1nc2c(CN)cccc2n1C. The first kappa shape index (κ1) is 11.1. The van der Waals surface area contributed by atoms with E-state index in [-0.39, 0.29) is 0 Å². The lowest BCUT2D eigenvalue weighted by Gasteiger charge is -2.04. The largest absolute Gasteiger partial charge is 0.331 e. The number of nitrogens with two attached hydrogens (primary N) is 1. The van der Waals surface area contributed by atoms with Crippen LogP contribution in [0.2, 0.25) is 0 Å². The van der Waals surface area contributed by atoms with E-state index < -0.39 is 0 Å². The smallest absolute Gasteiger partial charge is 0.109 e. The van der Waals surface area contributed by atoms with Gasteiger partial charge in [-0.3, -0.25) is 0 Å². The van der Waals surface area contributed by atoms with E-state index in [2.05, 4.69) is 37.6 Å². The summed E-state index contributed by atoms with van der Waals surface area (Å²) in [5, 5.41) is 0. The van der Waals surface area contributed by atoms with E-state index in [4.69, 9.17) is 10.7 Å². The standard InChI is InChI=1S/C13H19N3/c1-9(2)7-12-15-13-10(8-14)5-4-6-11(13)16(12)3/h4-6,9H,7-8,14H2,1-3H3. The molecule has 0 unspecified atom stereocenters. The maximum Gasteiger partial charge on any atom is 0.109 e. The van der Waals surface area contributed by atoms with Crippen molar-refractivity contribution in [3.8, 4) is 0 Å². The Balaban J connectivity index is 2.58. The molecule has 0 saturated heterocycles. The summed E-state index contributed by atoms with van der Waals surface area (Å²) in [6, 6.07) is 6.20. The number of aryl methyl sites for hydroxylation is 1. The Bertz CT molecular complexity index is 497. The minimum Gasteiger partial charge on any atom is -0.331 e. The topological polar surface area (TPSA) is 43.8 Å². The second kappa shape index (κ2) is 4.26. The maximum atomic E-state index is 5.73. The van der Waals surface area contributed by atoms with Crippen LogP contribution in [0.5, 0.6) is 0 Å². The molecule has 2 rings (SSSR count). The minimum absolute atomic E-state index is 0.551. The maximum absolute atomic E-state index is 5.73. The third-order valence-corrected chi connectivity index (χ3v) is 2.90. The Kier molecular flexibility index (Phi) is 2.97. The van der Waals surface area contributed by atoms with Crippen molar-refractivity contribution in [2.24, 2.45) is 18.7 Å². The number of hydrogen-bond acceptors (Lipinski definition) is 2. The molecule has 0 amide bonds. The zero-order chi connectivity index (χ0) is 11.7. The second-order valence-electron chi connectivity index (χ2n) is 4.67. The molecule has 16 heavy (non-hydrogen) atoms. The van der Waals surface area contributed by atoms with Gasteiger partial charge in [0.1, 0.15) is 5.82 Å². The number of aromatic nitrogens is 2. The molecule has 2 aromatic rings. The van der Waals surface area contributed by atoms with E-state index in [9.17, 15) is 0 Å². The number of para-hydroxylation sites is 1. The summed E-state index contributed by atoms with van der Waals surface area (Å²) >= 11 is 0. The van der Waals surface area contributed by atoms with Gasteiger partial charge in [-0.25, -0.2) is 4.98 Å². The van der Waals surface area contributed by atoms with E-state index >= 15 is 0 Å². The van der Waals surface area contributed by atoms with E-state index in [1.807, 2.05) is 6.07 Å². The molecule has 0 aliphatic heterocycles. The van der Waals surface area contributed by atoms with Crippen LogP contribution in [0.4, 0.5) is 0 Å². The minimum atomic E-state index is 0.551. The van der Waals surface area contributed by atoms with Crippen molar-refractivity contribution in [2.45, 2.75) is 26.8 Å². The van der Waals surface area contributed by atoms with Gasteiger partial charge in [0.25, 0.3) is 0 Å². The predicted molar refractivity (Wildman–Crippen MR) is 67.1 cm³/mol. The van der Waals surface area contributed by atoms with Gasteiger partial charge in [0.05, 0.1) is 11.0 Å². The van der Waals surface area contributed by atoms with Gasteiger partial charge >= 0.3 is 0 Å². The Morgan fingerprint density at radius 3 is 2.75 bits per heavy atom. The molecule has 1 heterocycles. The molecule has 1 aromatic carbocycles. The molecule has 3 heteroatoms. The van der Waals surface area contributed by atoms with Crippen molar-refractivity contribution >= 4 is 11.0 Å². The normalized spacial score (nSPS) is 11.6. The van der Waals surface area contributed by atoms with Crippen molar-refractivity contribution < 1.29 is 0 Å². The van der Waals surface area contributed by atoms with E-state index in [0.717, 1.165) is 23.3 Å². The molecular formula is C13H19N3. The molecule has 0 fully saturated rings. The van der Waals surface area contributed by atoms with E-state index in [1.54, 1.807) is 0 Å². The van der Waals surface area contributed by atoms with Crippen molar-refractivity contribution in [3.05, 3.63) is 29.6 Å². The molecule has 2 N–H and O–H groups in total. The first-order valence-corrected chi connectivity index (χ1v) is 5.76. The molecule has 0 radical (unpaired) electrons. The van der Waals surface area contributed by atoms with Crippen LogP contribution in [0, 0.1) is 5.92 Å². The van der Waals surface area contributed by atoms with Crippen molar-refractivity contribution in [3.63, 3.8) is 0 Å². The zero-order valence-corrected chi connectivity index (χ0v) is 10.2. The van der Waals surface area contributed by atoms with E-state index in [1.165, 1.54) is 5.52 Å². The molecular weight excluding hydrogens is 198 g/mol. The van der Waals surface area contributed by atoms with Gasteiger partial charge in [0.15, 0.2) is 0 Å². The predicted octanol–water partition coefficient (Wildman–Crippen LogP) is 2.23. The van der Waals surface area contributed by atoms with Crippen molar-refractivity contribution in [1.82, 2.24) is 9.55 Å². The van der Waals surface area contributed by atoms with Crippen molar-refractivity contribution in [1.29, 1.82) is 0 Å². The third kappa shape index (κ3) is 1.83. The summed E-state index contributed by atoms with van der Waals surface area (Å²) < 4.78 is 2.18.